The predicted octanol–water partition coefficient (Wildman–Crippen LogP) is 1.93. The van der Waals surface area contributed by atoms with Crippen LogP contribution >= 0.6 is 11.6 Å². The molecule has 4 nitrogen and oxygen atoms in total. The van der Waals surface area contributed by atoms with E-state index >= 15 is 0 Å². The van der Waals surface area contributed by atoms with Crippen LogP contribution in [0.3, 0.4) is 0 Å². The van der Waals surface area contributed by atoms with Crippen molar-refractivity contribution in [2.24, 2.45) is 11.7 Å². The van der Waals surface area contributed by atoms with E-state index in [2.05, 4.69) is 11.9 Å². The number of amides is 1. The van der Waals surface area contributed by atoms with Gasteiger partial charge in [-0.05, 0) is 30.9 Å². The number of hydrogen-bond donors (Lipinski definition) is 1. The first-order valence-corrected chi connectivity index (χ1v) is 6.62. The first-order valence-electron chi connectivity index (χ1n) is 6.24. The van der Waals surface area contributed by atoms with E-state index in [1.165, 1.54) is 6.20 Å². The standard InChI is InChI=1S/C13H18ClN3O/c1-9-4-5-17(11(6-9)7-15)13(18)12-3-2-10(14)8-16-12/h2-3,8-9,11H,4-7,15H2,1H3. The van der Waals surface area contributed by atoms with Crippen molar-refractivity contribution in [2.45, 2.75) is 25.8 Å². The Morgan fingerprint density at radius 3 is 3.00 bits per heavy atom. The van der Waals surface area contributed by atoms with Crippen molar-refractivity contribution in [1.29, 1.82) is 0 Å². The summed E-state index contributed by atoms with van der Waals surface area (Å²) in [7, 11) is 0. The fourth-order valence-corrected chi connectivity index (χ4v) is 2.50. The fourth-order valence-electron chi connectivity index (χ4n) is 2.39. The second-order valence-electron chi connectivity index (χ2n) is 4.88. The number of aromatic nitrogens is 1. The molecule has 1 saturated heterocycles. The van der Waals surface area contributed by atoms with E-state index < -0.39 is 0 Å². The number of rotatable bonds is 2. The summed E-state index contributed by atoms with van der Waals surface area (Å²) in [5, 5.41) is 0.536. The molecule has 0 bridgehead atoms. The van der Waals surface area contributed by atoms with Gasteiger partial charge in [0.15, 0.2) is 0 Å². The Morgan fingerprint density at radius 1 is 1.61 bits per heavy atom. The van der Waals surface area contributed by atoms with E-state index in [-0.39, 0.29) is 11.9 Å². The van der Waals surface area contributed by atoms with E-state index in [0.29, 0.717) is 23.2 Å². The molecule has 0 spiro atoms. The average Bonchev–Trinajstić information content (AvgIpc) is 2.38. The Kier molecular flexibility index (Phi) is 4.19. The van der Waals surface area contributed by atoms with E-state index in [4.69, 9.17) is 17.3 Å². The lowest BCUT2D eigenvalue weighted by atomic mass is 9.92. The number of pyridine rings is 1. The van der Waals surface area contributed by atoms with Gasteiger partial charge in [0, 0.05) is 25.3 Å². The second kappa shape index (κ2) is 5.67. The van der Waals surface area contributed by atoms with E-state index in [9.17, 15) is 4.79 Å². The first kappa shape index (κ1) is 13.3. The zero-order valence-electron chi connectivity index (χ0n) is 10.5. The summed E-state index contributed by atoms with van der Waals surface area (Å²) in [6.45, 7) is 3.46. The molecule has 2 unspecified atom stereocenters. The minimum atomic E-state index is -0.0472. The zero-order valence-corrected chi connectivity index (χ0v) is 11.2. The third kappa shape index (κ3) is 2.82. The molecule has 1 aliphatic heterocycles. The molecule has 1 amide bonds. The summed E-state index contributed by atoms with van der Waals surface area (Å²) in [5.41, 5.74) is 6.20. The minimum Gasteiger partial charge on any atom is -0.333 e. The molecule has 1 aromatic heterocycles. The molecule has 0 aromatic carbocycles. The molecular formula is C13H18ClN3O. The van der Waals surface area contributed by atoms with Crippen molar-refractivity contribution in [3.05, 3.63) is 29.0 Å². The largest absolute Gasteiger partial charge is 0.333 e. The van der Waals surface area contributed by atoms with Crippen LogP contribution in [0.15, 0.2) is 18.3 Å². The number of nitrogens with zero attached hydrogens (tertiary/aromatic N) is 2. The predicted molar refractivity (Wildman–Crippen MR) is 71.5 cm³/mol. The van der Waals surface area contributed by atoms with E-state index in [1.807, 2.05) is 4.90 Å². The van der Waals surface area contributed by atoms with Crippen molar-refractivity contribution in [1.82, 2.24) is 9.88 Å². The third-order valence-corrected chi connectivity index (χ3v) is 3.68. The maximum Gasteiger partial charge on any atom is 0.272 e. The van der Waals surface area contributed by atoms with Crippen LogP contribution in [-0.4, -0.2) is 34.9 Å². The molecule has 5 heteroatoms. The summed E-state index contributed by atoms with van der Waals surface area (Å²) < 4.78 is 0. The molecule has 0 radical (unpaired) electrons. The number of piperidine rings is 1. The van der Waals surface area contributed by atoms with Crippen LogP contribution in [0, 0.1) is 5.92 Å². The lowest BCUT2D eigenvalue weighted by molar-refractivity contribution is 0.0567. The summed E-state index contributed by atoms with van der Waals surface area (Å²) in [6, 6.07) is 3.47. The van der Waals surface area contributed by atoms with Gasteiger partial charge >= 0.3 is 0 Å². The van der Waals surface area contributed by atoms with Gasteiger partial charge in [0.25, 0.3) is 5.91 Å². The highest BCUT2D eigenvalue weighted by atomic mass is 35.5. The third-order valence-electron chi connectivity index (χ3n) is 3.46. The lowest BCUT2D eigenvalue weighted by Gasteiger charge is -2.37. The molecule has 0 aliphatic carbocycles. The molecule has 0 saturated carbocycles. The van der Waals surface area contributed by atoms with Crippen LogP contribution in [-0.2, 0) is 0 Å². The maximum atomic E-state index is 12.4. The molecule has 98 valence electrons. The quantitative estimate of drug-likeness (QED) is 0.891. The topological polar surface area (TPSA) is 59.2 Å². The molecule has 1 fully saturated rings. The SMILES string of the molecule is CC1CCN(C(=O)c2ccc(Cl)cn2)C(CN)C1. The summed E-state index contributed by atoms with van der Waals surface area (Å²) in [4.78, 5) is 18.3. The van der Waals surface area contributed by atoms with Gasteiger partial charge < -0.3 is 10.6 Å². The van der Waals surface area contributed by atoms with Crippen LogP contribution < -0.4 is 5.73 Å². The summed E-state index contributed by atoms with van der Waals surface area (Å²) in [5.74, 6) is 0.579. The van der Waals surface area contributed by atoms with Gasteiger partial charge in [0.2, 0.25) is 0 Å². The van der Waals surface area contributed by atoms with Gasteiger partial charge in [-0.1, -0.05) is 18.5 Å². The van der Waals surface area contributed by atoms with Crippen molar-refractivity contribution in [3.63, 3.8) is 0 Å². The Hall–Kier alpha value is -1.13. The van der Waals surface area contributed by atoms with Gasteiger partial charge in [-0.2, -0.15) is 0 Å². The van der Waals surface area contributed by atoms with Crippen molar-refractivity contribution < 1.29 is 4.79 Å². The van der Waals surface area contributed by atoms with Crippen LogP contribution in [0.1, 0.15) is 30.3 Å². The summed E-state index contributed by atoms with van der Waals surface area (Å²) >= 11 is 5.77. The highest BCUT2D eigenvalue weighted by Gasteiger charge is 2.29. The van der Waals surface area contributed by atoms with Gasteiger partial charge in [-0.15, -0.1) is 0 Å². The number of carbonyl (C=O) groups excluding carboxylic acids is 1. The van der Waals surface area contributed by atoms with Gasteiger partial charge in [-0.25, -0.2) is 4.98 Å². The van der Waals surface area contributed by atoms with E-state index in [0.717, 1.165) is 19.4 Å². The van der Waals surface area contributed by atoms with Crippen molar-refractivity contribution >= 4 is 17.5 Å². The highest BCUT2D eigenvalue weighted by molar-refractivity contribution is 6.30. The van der Waals surface area contributed by atoms with Crippen LogP contribution in [0.4, 0.5) is 0 Å². The number of hydrogen-bond acceptors (Lipinski definition) is 3. The van der Waals surface area contributed by atoms with E-state index in [1.54, 1.807) is 12.1 Å². The Morgan fingerprint density at radius 2 is 2.39 bits per heavy atom. The molecule has 2 N–H and O–H groups in total. The maximum absolute atomic E-state index is 12.4. The molecule has 2 rings (SSSR count). The molecule has 1 aliphatic rings. The Balaban J connectivity index is 2.14. The monoisotopic (exact) mass is 267 g/mol. The average molecular weight is 268 g/mol. The Bertz CT molecular complexity index is 421. The minimum absolute atomic E-state index is 0.0472. The smallest absolute Gasteiger partial charge is 0.272 e. The number of halogens is 1. The number of carbonyl (C=O) groups is 1. The molecule has 18 heavy (non-hydrogen) atoms. The molecule has 2 heterocycles. The van der Waals surface area contributed by atoms with Crippen LogP contribution in [0.25, 0.3) is 0 Å². The van der Waals surface area contributed by atoms with Gasteiger partial charge in [0.05, 0.1) is 5.02 Å². The number of nitrogens with two attached hydrogens (primary N) is 1. The van der Waals surface area contributed by atoms with Gasteiger partial charge in [0.1, 0.15) is 5.69 Å². The Labute approximate surface area is 112 Å². The molecule has 2 atom stereocenters. The van der Waals surface area contributed by atoms with Gasteiger partial charge in [-0.3, -0.25) is 4.79 Å². The second-order valence-corrected chi connectivity index (χ2v) is 5.32. The fraction of sp³-hybridized carbons (Fsp3) is 0.538. The summed E-state index contributed by atoms with van der Waals surface area (Å²) in [6.07, 6.45) is 3.49. The number of likely N-dealkylation sites (tertiary alicyclic amines) is 1. The molecule has 1 aromatic rings. The lowest BCUT2D eigenvalue weighted by Crippen LogP contribution is -2.49. The highest BCUT2D eigenvalue weighted by Crippen LogP contribution is 2.23. The van der Waals surface area contributed by atoms with Crippen molar-refractivity contribution in [2.75, 3.05) is 13.1 Å². The molecular weight excluding hydrogens is 250 g/mol. The first-order chi connectivity index (χ1) is 8.61. The zero-order chi connectivity index (χ0) is 13.1. The van der Waals surface area contributed by atoms with Crippen LogP contribution in [0.2, 0.25) is 5.02 Å². The van der Waals surface area contributed by atoms with Crippen molar-refractivity contribution in [3.8, 4) is 0 Å². The normalized spacial score (nSPS) is 24.1. The van der Waals surface area contributed by atoms with Crippen LogP contribution in [0.5, 0.6) is 0 Å².